The summed E-state index contributed by atoms with van der Waals surface area (Å²) in [5, 5.41) is 5.85. The van der Waals surface area contributed by atoms with E-state index in [0.29, 0.717) is 13.1 Å². The van der Waals surface area contributed by atoms with E-state index < -0.39 is 0 Å². The van der Waals surface area contributed by atoms with Crippen molar-refractivity contribution in [3.63, 3.8) is 0 Å². The Hall–Kier alpha value is -2.89. The molecule has 1 aromatic heterocycles. The fourth-order valence-electron chi connectivity index (χ4n) is 2.97. The minimum Gasteiger partial charge on any atom is -0.485 e. The summed E-state index contributed by atoms with van der Waals surface area (Å²) in [6.45, 7) is 1.14. The molecule has 24 heavy (non-hydrogen) atoms. The number of carbonyl (C=O) groups is 1. The fraction of sp³-hybridized carbons (Fsp3) is 0.278. The molecule has 0 aliphatic carbocycles. The Kier molecular flexibility index (Phi) is 3.86. The highest BCUT2D eigenvalue weighted by atomic mass is 16.5. The van der Waals surface area contributed by atoms with E-state index in [4.69, 9.17) is 4.74 Å². The van der Waals surface area contributed by atoms with Gasteiger partial charge >= 0.3 is 6.03 Å². The topological polar surface area (TPSA) is 58.0 Å². The van der Waals surface area contributed by atoms with Crippen LogP contribution in [0.4, 0.5) is 4.79 Å². The Labute approximate surface area is 140 Å². The van der Waals surface area contributed by atoms with Crippen molar-refractivity contribution < 1.29 is 9.53 Å². The molecule has 1 fully saturated rings. The van der Waals surface area contributed by atoms with Crippen LogP contribution >= 0.6 is 0 Å². The van der Waals surface area contributed by atoms with Gasteiger partial charge in [-0.1, -0.05) is 30.3 Å². The Balaban J connectivity index is 1.36. The van der Waals surface area contributed by atoms with Crippen LogP contribution in [0.2, 0.25) is 0 Å². The lowest BCUT2D eigenvalue weighted by Gasteiger charge is -2.40. The SMILES string of the molecule is O=C(N1CC(Oc2cccnc2)C1)N1N=CCC1c1ccccc1. The lowest BCUT2D eigenvalue weighted by molar-refractivity contribution is 0.0275. The molecule has 1 saturated heterocycles. The molecule has 122 valence electrons. The van der Waals surface area contributed by atoms with Gasteiger partial charge in [-0.2, -0.15) is 5.10 Å². The maximum atomic E-state index is 12.7. The van der Waals surface area contributed by atoms with Crippen LogP contribution in [0.5, 0.6) is 5.75 Å². The van der Waals surface area contributed by atoms with Gasteiger partial charge in [-0.15, -0.1) is 0 Å². The summed E-state index contributed by atoms with van der Waals surface area (Å²) in [6.07, 6.45) is 5.96. The number of carbonyl (C=O) groups excluding carboxylic acids is 1. The number of nitrogens with zero attached hydrogens (tertiary/aromatic N) is 4. The highest BCUT2D eigenvalue weighted by molar-refractivity contribution is 5.79. The number of urea groups is 1. The number of hydrogen-bond donors (Lipinski definition) is 0. The number of hydrogen-bond acceptors (Lipinski definition) is 4. The third kappa shape index (κ3) is 2.82. The standard InChI is InChI=1S/C18H18N4O2/c23-18(21-12-16(13-21)24-15-7-4-9-19-11-15)22-17(8-10-20-22)14-5-2-1-3-6-14/h1-7,9-11,16-17H,8,12-13H2. The van der Waals surface area contributed by atoms with Crippen molar-refractivity contribution in [1.82, 2.24) is 14.9 Å². The maximum Gasteiger partial charge on any atom is 0.341 e. The molecule has 0 radical (unpaired) electrons. The summed E-state index contributed by atoms with van der Waals surface area (Å²) in [7, 11) is 0. The van der Waals surface area contributed by atoms with Gasteiger partial charge in [0.05, 0.1) is 25.3 Å². The van der Waals surface area contributed by atoms with Crippen LogP contribution in [0.1, 0.15) is 18.0 Å². The quantitative estimate of drug-likeness (QED) is 0.873. The zero-order valence-electron chi connectivity index (χ0n) is 13.2. The van der Waals surface area contributed by atoms with Gasteiger partial charge in [0, 0.05) is 18.8 Å². The van der Waals surface area contributed by atoms with Gasteiger partial charge in [-0.25, -0.2) is 9.80 Å². The molecule has 2 aromatic rings. The fourth-order valence-corrected chi connectivity index (χ4v) is 2.97. The average molecular weight is 322 g/mol. The number of benzene rings is 1. The highest BCUT2D eigenvalue weighted by Gasteiger charge is 2.38. The maximum absolute atomic E-state index is 12.7. The molecule has 1 aromatic carbocycles. The van der Waals surface area contributed by atoms with Gasteiger partial charge in [0.2, 0.25) is 0 Å². The first-order valence-electron chi connectivity index (χ1n) is 8.03. The van der Waals surface area contributed by atoms with E-state index in [0.717, 1.165) is 17.7 Å². The summed E-state index contributed by atoms with van der Waals surface area (Å²) in [5.74, 6) is 0.732. The Morgan fingerprint density at radius 3 is 2.71 bits per heavy atom. The number of pyridine rings is 1. The first kappa shape index (κ1) is 14.7. The molecule has 0 N–H and O–H groups in total. The second-order valence-corrected chi connectivity index (χ2v) is 5.92. The molecule has 6 nitrogen and oxygen atoms in total. The second-order valence-electron chi connectivity index (χ2n) is 5.92. The number of hydrazone groups is 1. The number of likely N-dealkylation sites (tertiary alicyclic amines) is 1. The molecule has 1 atom stereocenters. The molecule has 2 aliphatic rings. The largest absolute Gasteiger partial charge is 0.485 e. The van der Waals surface area contributed by atoms with Gasteiger partial charge in [0.25, 0.3) is 0 Å². The van der Waals surface area contributed by atoms with Crippen LogP contribution in [-0.4, -0.2) is 46.3 Å². The summed E-state index contributed by atoms with van der Waals surface area (Å²) in [5.41, 5.74) is 1.10. The molecule has 3 heterocycles. The van der Waals surface area contributed by atoms with E-state index in [9.17, 15) is 4.79 Å². The van der Waals surface area contributed by atoms with Crippen LogP contribution in [0.3, 0.4) is 0 Å². The zero-order chi connectivity index (χ0) is 16.4. The van der Waals surface area contributed by atoms with Crippen LogP contribution in [0, 0.1) is 0 Å². The molecule has 1 unspecified atom stereocenters. The van der Waals surface area contributed by atoms with Gasteiger partial charge in [0.15, 0.2) is 0 Å². The van der Waals surface area contributed by atoms with Crippen molar-refractivity contribution in [2.45, 2.75) is 18.6 Å². The molecule has 2 amide bonds. The minimum atomic E-state index is -0.0661. The Morgan fingerprint density at radius 1 is 1.12 bits per heavy atom. The van der Waals surface area contributed by atoms with Crippen LogP contribution in [-0.2, 0) is 0 Å². The Morgan fingerprint density at radius 2 is 1.96 bits per heavy atom. The van der Waals surface area contributed by atoms with E-state index in [1.165, 1.54) is 0 Å². The van der Waals surface area contributed by atoms with E-state index in [-0.39, 0.29) is 18.2 Å². The molecule has 0 spiro atoms. The van der Waals surface area contributed by atoms with Gasteiger partial charge < -0.3 is 9.64 Å². The summed E-state index contributed by atoms with van der Waals surface area (Å²) in [6, 6.07) is 13.6. The van der Waals surface area contributed by atoms with Crippen molar-refractivity contribution in [3.05, 3.63) is 60.4 Å². The van der Waals surface area contributed by atoms with E-state index in [1.54, 1.807) is 28.5 Å². The van der Waals surface area contributed by atoms with Crippen LogP contribution in [0.25, 0.3) is 0 Å². The predicted octanol–water partition coefficient (Wildman–Crippen LogP) is 2.70. The normalized spacial score (nSPS) is 20.1. The summed E-state index contributed by atoms with van der Waals surface area (Å²) < 4.78 is 5.79. The molecule has 0 bridgehead atoms. The predicted molar refractivity (Wildman–Crippen MR) is 89.8 cm³/mol. The molecule has 0 saturated carbocycles. The van der Waals surface area contributed by atoms with Gasteiger partial charge in [-0.05, 0) is 17.7 Å². The average Bonchev–Trinajstić information content (AvgIpc) is 3.09. The smallest absolute Gasteiger partial charge is 0.341 e. The Bertz CT molecular complexity index is 729. The summed E-state index contributed by atoms with van der Waals surface area (Å²) >= 11 is 0. The number of amides is 2. The zero-order valence-corrected chi connectivity index (χ0v) is 13.2. The van der Waals surface area contributed by atoms with Crippen LogP contribution < -0.4 is 4.74 Å². The number of rotatable bonds is 3. The molecular formula is C18H18N4O2. The number of aromatic nitrogens is 1. The second kappa shape index (κ2) is 6.31. The van der Waals surface area contributed by atoms with Crippen molar-refractivity contribution >= 4 is 12.2 Å². The lowest BCUT2D eigenvalue weighted by Crippen LogP contribution is -2.58. The van der Waals surface area contributed by atoms with E-state index >= 15 is 0 Å². The third-order valence-corrected chi connectivity index (χ3v) is 4.27. The lowest BCUT2D eigenvalue weighted by atomic mass is 10.0. The first-order chi connectivity index (χ1) is 11.8. The number of ether oxygens (including phenoxy) is 1. The van der Waals surface area contributed by atoms with Gasteiger partial charge in [-0.3, -0.25) is 4.98 Å². The first-order valence-corrected chi connectivity index (χ1v) is 8.03. The van der Waals surface area contributed by atoms with Gasteiger partial charge in [0.1, 0.15) is 11.9 Å². The molecular weight excluding hydrogens is 304 g/mol. The molecule has 4 rings (SSSR count). The third-order valence-electron chi connectivity index (χ3n) is 4.27. The molecule has 6 heteroatoms. The van der Waals surface area contributed by atoms with Crippen molar-refractivity contribution in [1.29, 1.82) is 0 Å². The highest BCUT2D eigenvalue weighted by Crippen LogP contribution is 2.30. The van der Waals surface area contributed by atoms with Crippen molar-refractivity contribution in [2.24, 2.45) is 5.10 Å². The summed E-state index contributed by atoms with van der Waals surface area (Å²) in [4.78, 5) is 18.5. The monoisotopic (exact) mass is 322 g/mol. The van der Waals surface area contributed by atoms with E-state index in [1.807, 2.05) is 42.5 Å². The van der Waals surface area contributed by atoms with Crippen molar-refractivity contribution in [3.8, 4) is 5.75 Å². The molecule has 2 aliphatic heterocycles. The minimum absolute atomic E-state index is 0.0138. The van der Waals surface area contributed by atoms with Crippen molar-refractivity contribution in [2.75, 3.05) is 13.1 Å². The van der Waals surface area contributed by atoms with E-state index in [2.05, 4.69) is 10.1 Å². The van der Waals surface area contributed by atoms with Crippen LogP contribution in [0.15, 0.2) is 60.0 Å².